The summed E-state index contributed by atoms with van der Waals surface area (Å²) in [5.74, 6) is 0.709. The van der Waals surface area contributed by atoms with Crippen LogP contribution in [-0.4, -0.2) is 17.4 Å². The Hall–Kier alpha value is -1.22. The van der Waals surface area contributed by atoms with E-state index < -0.39 is 0 Å². The van der Waals surface area contributed by atoms with E-state index in [0.29, 0.717) is 11.9 Å². The SMILES string of the molecule is ClCC1(CNc2nc3ccccc3o2)CC1. The number of benzene rings is 1. The molecule has 0 spiro atoms. The number of hydrogen-bond donors (Lipinski definition) is 1. The second-order valence-electron chi connectivity index (χ2n) is 4.47. The van der Waals surface area contributed by atoms with E-state index in [2.05, 4.69) is 10.3 Å². The van der Waals surface area contributed by atoms with Gasteiger partial charge in [0.1, 0.15) is 5.52 Å². The number of hydrogen-bond acceptors (Lipinski definition) is 3. The third-order valence-electron chi connectivity index (χ3n) is 3.15. The van der Waals surface area contributed by atoms with Gasteiger partial charge in [0.2, 0.25) is 0 Å². The first kappa shape index (κ1) is 9.97. The maximum atomic E-state index is 5.91. The monoisotopic (exact) mass is 236 g/mol. The van der Waals surface area contributed by atoms with Gasteiger partial charge in [-0.3, -0.25) is 0 Å². The lowest BCUT2D eigenvalue weighted by Crippen LogP contribution is -2.16. The number of nitrogens with zero attached hydrogens (tertiary/aromatic N) is 1. The molecule has 1 saturated carbocycles. The zero-order chi connectivity index (χ0) is 11.0. The Morgan fingerprint density at radius 1 is 1.38 bits per heavy atom. The van der Waals surface area contributed by atoms with Crippen molar-refractivity contribution in [2.75, 3.05) is 17.7 Å². The van der Waals surface area contributed by atoms with Crippen molar-refractivity contribution in [3.63, 3.8) is 0 Å². The molecule has 3 rings (SSSR count). The minimum absolute atomic E-state index is 0.280. The number of halogens is 1. The molecule has 3 nitrogen and oxygen atoms in total. The molecule has 0 amide bonds. The van der Waals surface area contributed by atoms with E-state index in [1.807, 2.05) is 24.3 Å². The highest BCUT2D eigenvalue weighted by Crippen LogP contribution is 2.46. The topological polar surface area (TPSA) is 38.1 Å². The predicted octanol–water partition coefficient (Wildman–Crippen LogP) is 3.26. The summed E-state index contributed by atoms with van der Waals surface area (Å²) >= 11 is 5.91. The standard InChI is InChI=1S/C12H13ClN2O/c13-7-12(5-6-12)8-14-11-15-9-3-1-2-4-10(9)16-11/h1-4H,5-8H2,(H,14,15). The Bertz CT molecular complexity index is 471. The molecule has 2 aromatic rings. The van der Waals surface area contributed by atoms with Crippen LogP contribution in [0.2, 0.25) is 0 Å². The fraction of sp³-hybridized carbons (Fsp3) is 0.417. The lowest BCUT2D eigenvalue weighted by Gasteiger charge is -2.10. The highest BCUT2D eigenvalue weighted by atomic mass is 35.5. The summed E-state index contributed by atoms with van der Waals surface area (Å²) in [5.41, 5.74) is 1.99. The van der Waals surface area contributed by atoms with E-state index in [1.54, 1.807) is 0 Å². The largest absolute Gasteiger partial charge is 0.424 e. The van der Waals surface area contributed by atoms with Crippen LogP contribution in [-0.2, 0) is 0 Å². The normalized spacial score (nSPS) is 17.6. The van der Waals surface area contributed by atoms with Crippen LogP contribution < -0.4 is 5.32 Å². The zero-order valence-corrected chi connectivity index (χ0v) is 9.63. The van der Waals surface area contributed by atoms with Crippen molar-refractivity contribution in [1.82, 2.24) is 4.98 Å². The van der Waals surface area contributed by atoms with Crippen LogP contribution in [0.3, 0.4) is 0 Å². The van der Waals surface area contributed by atoms with Gasteiger partial charge in [-0.1, -0.05) is 12.1 Å². The highest BCUT2D eigenvalue weighted by molar-refractivity contribution is 6.18. The van der Waals surface area contributed by atoms with Crippen LogP contribution in [0.15, 0.2) is 28.7 Å². The highest BCUT2D eigenvalue weighted by Gasteiger charge is 2.41. The Labute approximate surface area is 98.8 Å². The van der Waals surface area contributed by atoms with Crippen LogP contribution in [0.25, 0.3) is 11.1 Å². The molecule has 1 aromatic carbocycles. The molecule has 1 aromatic heterocycles. The Morgan fingerprint density at radius 3 is 2.88 bits per heavy atom. The average Bonchev–Trinajstić information content (AvgIpc) is 2.98. The maximum Gasteiger partial charge on any atom is 0.295 e. The van der Waals surface area contributed by atoms with Crippen LogP contribution in [0, 0.1) is 5.41 Å². The van der Waals surface area contributed by atoms with Crippen molar-refractivity contribution >= 4 is 28.7 Å². The summed E-state index contributed by atoms with van der Waals surface area (Å²) in [6.07, 6.45) is 2.40. The molecule has 0 unspecified atom stereocenters. The van der Waals surface area contributed by atoms with Crippen LogP contribution >= 0.6 is 11.6 Å². The van der Waals surface area contributed by atoms with E-state index >= 15 is 0 Å². The number of rotatable bonds is 4. The Balaban J connectivity index is 1.74. The molecule has 4 heteroatoms. The van der Waals surface area contributed by atoms with Crippen LogP contribution in [0.1, 0.15) is 12.8 Å². The summed E-state index contributed by atoms with van der Waals surface area (Å²) < 4.78 is 5.57. The molecule has 84 valence electrons. The number of anilines is 1. The second-order valence-corrected chi connectivity index (χ2v) is 4.74. The fourth-order valence-corrected chi connectivity index (χ4v) is 2.11. The van der Waals surface area contributed by atoms with E-state index in [1.165, 1.54) is 12.8 Å². The van der Waals surface area contributed by atoms with E-state index in [-0.39, 0.29) is 5.41 Å². The first-order valence-electron chi connectivity index (χ1n) is 5.47. The fourth-order valence-electron chi connectivity index (χ4n) is 1.75. The Morgan fingerprint density at radius 2 is 2.19 bits per heavy atom. The van der Waals surface area contributed by atoms with Crippen molar-refractivity contribution in [3.8, 4) is 0 Å². The van der Waals surface area contributed by atoms with Gasteiger partial charge in [-0.2, -0.15) is 4.98 Å². The minimum atomic E-state index is 0.280. The molecular weight excluding hydrogens is 224 g/mol. The van der Waals surface area contributed by atoms with Crippen LogP contribution in [0.5, 0.6) is 0 Å². The molecule has 16 heavy (non-hydrogen) atoms. The van der Waals surface area contributed by atoms with Crippen molar-refractivity contribution in [1.29, 1.82) is 0 Å². The molecule has 1 heterocycles. The Kier molecular flexibility index (Phi) is 2.28. The second kappa shape index (κ2) is 3.67. The van der Waals surface area contributed by atoms with E-state index in [0.717, 1.165) is 17.6 Å². The van der Waals surface area contributed by atoms with Crippen molar-refractivity contribution in [2.45, 2.75) is 12.8 Å². The number of fused-ring (bicyclic) bond motifs is 1. The molecule has 1 aliphatic carbocycles. The molecule has 0 aliphatic heterocycles. The molecule has 1 aliphatic rings. The minimum Gasteiger partial charge on any atom is -0.424 e. The summed E-state index contributed by atoms with van der Waals surface area (Å²) in [7, 11) is 0. The quantitative estimate of drug-likeness (QED) is 0.828. The molecule has 1 N–H and O–H groups in total. The van der Waals surface area contributed by atoms with Gasteiger partial charge in [0, 0.05) is 17.8 Å². The van der Waals surface area contributed by atoms with Gasteiger partial charge in [-0.15, -0.1) is 11.6 Å². The molecule has 0 saturated heterocycles. The summed E-state index contributed by atoms with van der Waals surface area (Å²) in [5, 5.41) is 3.23. The number of oxazole rings is 1. The molecule has 1 fully saturated rings. The zero-order valence-electron chi connectivity index (χ0n) is 8.87. The van der Waals surface area contributed by atoms with E-state index in [9.17, 15) is 0 Å². The molecule has 0 atom stereocenters. The van der Waals surface area contributed by atoms with Gasteiger partial charge in [0.15, 0.2) is 5.58 Å². The molecular formula is C12H13ClN2O. The van der Waals surface area contributed by atoms with Gasteiger partial charge in [-0.05, 0) is 25.0 Å². The van der Waals surface area contributed by atoms with Gasteiger partial charge in [0.05, 0.1) is 0 Å². The number of alkyl halides is 1. The number of para-hydroxylation sites is 2. The van der Waals surface area contributed by atoms with Crippen molar-refractivity contribution < 1.29 is 4.42 Å². The number of aromatic nitrogens is 1. The lowest BCUT2D eigenvalue weighted by atomic mass is 10.1. The average molecular weight is 237 g/mol. The van der Waals surface area contributed by atoms with Gasteiger partial charge in [-0.25, -0.2) is 0 Å². The van der Waals surface area contributed by atoms with Gasteiger partial charge >= 0.3 is 0 Å². The summed E-state index contributed by atoms with van der Waals surface area (Å²) in [6.45, 7) is 0.851. The summed E-state index contributed by atoms with van der Waals surface area (Å²) in [4.78, 5) is 4.36. The van der Waals surface area contributed by atoms with Crippen LogP contribution in [0.4, 0.5) is 6.01 Å². The first-order valence-corrected chi connectivity index (χ1v) is 6.00. The van der Waals surface area contributed by atoms with Crippen molar-refractivity contribution in [2.24, 2.45) is 5.41 Å². The maximum absolute atomic E-state index is 5.91. The first-order chi connectivity index (χ1) is 7.81. The third-order valence-corrected chi connectivity index (χ3v) is 3.72. The molecule has 0 radical (unpaired) electrons. The third kappa shape index (κ3) is 1.76. The predicted molar refractivity (Wildman–Crippen MR) is 64.9 cm³/mol. The van der Waals surface area contributed by atoms with Gasteiger partial charge < -0.3 is 9.73 Å². The molecule has 0 bridgehead atoms. The lowest BCUT2D eigenvalue weighted by molar-refractivity contribution is 0.572. The van der Waals surface area contributed by atoms with Gasteiger partial charge in [0.25, 0.3) is 6.01 Å². The summed E-state index contributed by atoms with van der Waals surface area (Å²) in [6, 6.07) is 8.35. The van der Waals surface area contributed by atoms with Crippen molar-refractivity contribution in [3.05, 3.63) is 24.3 Å². The smallest absolute Gasteiger partial charge is 0.295 e. The van der Waals surface area contributed by atoms with E-state index in [4.69, 9.17) is 16.0 Å². The number of nitrogens with one attached hydrogen (secondary N) is 1.